The number of aromatic nitrogens is 1. The van der Waals surface area contributed by atoms with Gasteiger partial charge in [-0.05, 0) is 50.0 Å². The Labute approximate surface area is 91.3 Å². The third-order valence-electron chi connectivity index (χ3n) is 3.26. The van der Waals surface area contributed by atoms with Crippen LogP contribution in [0.5, 0.6) is 0 Å². The van der Waals surface area contributed by atoms with E-state index >= 15 is 0 Å². The van der Waals surface area contributed by atoms with Gasteiger partial charge in [0.15, 0.2) is 0 Å². The van der Waals surface area contributed by atoms with Crippen molar-refractivity contribution in [1.82, 2.24) is 9.88 Å². The fraction of sp³-hybridized carbons (Fsp3) is 0.583. The van der Waals surface area contributed by atoms with E-state index in [-0.39, 0.29) is 0 Å². The van der Waals surface area contributed by atoms with Crippen molar-refractivity contribution >= 4 is 0 Å². The van der Waals surface area contributed by atoms with E-state index in [4.69, 9.17) is 5.73 Å². The third-order valence-corrected chi connectivity index (χ3v) is 3.26. The fourth-order valence-corrected chi connectivity index (χ4v) is 2.28. The quantitative estimate of drug-likeness (QED) is 0.780. The molecule has 3 heteroatoms. The van der Waals surface area contributed by atoms with Crippen LogP contribution in [0.1, 0.15) is 12.0 Å². The van der Waals surface area contributed by atoms with Crippen molar-refractivity contribution in [3.63, 3.8) is 0 Å². The summed E-state index contributed by atoms with van der Waals surface area (Å²) in [6.45, 7) is 2.19. The van der Waals surface area contributed by atoms with Crippen LogP contribution in [0.25, 0.3) is 0 Å². The molecular formula is C12H19N3. The largest absolute Gasteiger partial charge is 0.326 e. The number of hydrogen-bond donors (Lipinski definition) is 1. The smallest absolute Gasteiger partial charge is 0.0270 e. The Morgan fingerprint density at radius 3 is 2.87 bits per heavy atom. The van der Waals surface area contributed by atoms with Crippen LogP contribution < -0.4 is 5.73 Å². The van der Waals surface area contributed by atoms with E-state index in [2.05, 4.69) is 29.1 Å². The highest BCUT2D eigenvalue weighted by molar-refractivity contribution is 5.11. The molecule has 2 atom stereocenters. The molecule has 0 spiro atoms. The zero-order valence-corrected chi connectivity index (χ0v) is 9.26. The van der Waals surface area contributed by atoms with Crippen molar-refractivity contribution in [2.45, 2.75) is 18.9 Å². The van der Waals surface area contributed by atoms with E-state index in [1.54, 1.807) is 0 Å². The van der Waals surface area contributed by atoms with Gasteiger partial charge in [0.2, 0.25) is 0 Å². The molecule has 1 fully saturated rings. The molecule has 1 aromatic heterocycles. The molecule has 2 unspecified atom stereocenters. The topological polar surface area (TPSA) is 42.2 Å². The van der Waals surface area contributed by atoms with Crippen LogP contribution in [0.3, 0.4) is 0 Å². The van der Waals surface area contributed by atoms with E-state index in [1.807, 2.05) is 12.4 Å². The Bertz CT molecular complexity index is 299. The Morgan fingerprint density at radius 2 is 2.20 bits per heavy atom. The highest BCUT2D eigenvalue weighted by atomic mass is 15.1. The molecule has 2 rings (SSSR count). The summed E-state index contributed by atoms with van der Waals surface area (Å²) < 4.78 is 0. The minimum absolute atomic E-state index is 0.317. The van der Waals surface area contributed by atoms with Crippen LogP contribution in [0.2, 0.25) is 0 Å². The van der Waals surface area contributed by atoms with Gasteiger partial charge in [0.05, 0.1) is 0 Å². The number of likely N-dealkylation sites (N-methyl/N-ethyl adjacent to an activating group) is 1. The third kappa shape index (κ3) is 2.76. The highest BCUT2D eigenvalue weighted by Gasteiger charge is 2.24. The maximum Gasteiger partial charge on any atom is 0.0270 e. The lowest BCUT2D eigenvalue weighted by Gasteiger charge is -2.34. The van der Waals surface area contributed by atoms with E-state index in [1.165, 1.54) is 18.5 Å². The zero-order valence-electron chi connectivity index (χ0n) is 9.26. The van der Waals surface area contributed by atoms with E-state index < -0.39 is 0 Å². The van der Waals surface area contributed by atoms with Gasteiger partial charge >= 0.3 is 0 Å². The highest BCUT2D eigenvalue weighted by Crippen LogP contribution is 2.19. The van der Waals surface area contributed by atoms with E-state index in [0.717, 1.165) is 13.0 Å². The minimum atomic E-state index is 0.317. The lowest BCUT2D eigenvalue weighted by molar-refractivity contribution is 0.190. The van der Waals surface area contributed by atoms with Gasteiger partial charge < -0.3 is 10.6 Å². The molecule has 0 aromatic carbocycles. The summed E-state index contributed by atoms with van der Waals surface area (Å²) >= 11 is 0. The maximum atomic E-state index is 6.16. The molecule has 0 aliphatic carbocycles. The molecule has 15 heavy (non-hydrogen) atoms. The summed E-state index contributed by atoms with van der Waals surface area (Å²) in [6, 6.07) is 4.49. The second-order valence-corrected chi connectivity index (χ2v) is 4.53. The second-order valence-electron chi connectivity index (χ2n) is 4.53. The average molecular weight is 205 g/mol. The average Bonchev–Trinajstić information content (AvgIpc) is 2.24. The van der Waals surface area contributed by atoms with Crippen molar-refractivity contribution in [3.8, 4) is 0 Å². The molecular weight excluding hydrogens is 186 g/mol. The van der Waals surface area contributed by atoms with Gasteiger partial charge in [-0.15, -0.1) is 0 Å². The Kier molecular flexibility index (Phi) is 3.34. The summed E-state index contributed by atoms with van der Waals surface area (Å²) in [5, 5.41) is 0. The Morgan fingerprint density at radius 1 is 1.47 bits per heavy atom. The maximum absolute atomic E-state index is 6.16. The number of piperidine rings is 1. The molecule has 1 aliphatic rings. The summed E-state index contributed by atoms with van der Waals surface area (Å²) in [7, 11) is 2.14. The molecule has 1 aliphatic heterocycles. The van der Waals surface area contributed by atoms with Crippen molar-refractivity contribution in [1.29, 1.82) is 0 Å². The molecule has 1 saturated heterocycles. The van der Waals surface area contributed by atoms with Crippen molar-refractivity contribution < 1.29 is 0 Å². The van der Waals surface area contributed by atoms with Crippen LogP contribution in [-0.2, 0) is 6.42 Å². The van der Waals surface area contributed by atoms with Gasteiger partial charge in [-0.3, -0.25) is 4.98 Å². The number of rotatable bonds is 2. The first-order chi connectivity index (χ1) is 7.25. The Balaban J connectivity index is 1.95. The number of nitrogens with two attached hydrogens (primary N) is 1. The molecule has 2 heterocycles. The van der Waals surface area contributed by atoms with Crippen LogP contribution in [0.4, 0.5) is 0 Å². The van der Waals surface area contributed by atoms with Gasteiger partial charge in [-0.25, -0.2) is 0 Å². The predicted molar refractivity (Wildman–Crippen MR) is 61.5 cm³/mol. The van der Waals surface area contributed by atoms with Gasteiger partial charge in [0.25, 0.3) is 0 Å². The van der Waals surface area contributed by atoms with Crippen LogP contribution in [0.15, 0.2) is 24.5 Å². The number of nitrogens with zero attached hydrogens (tertiary/aromatic N) is 2. The molecule has 0 saturated carbocycles. The summed E-state index contributed by atoms with van der Waals surface area (Å²) in [5.74, 6) is 0.628. The lowest BCUT2D eigenvalue weighted by Crippen LogP contribution is -2.47. The first-order valence-electron chi connectivity index (χ1n) is 5.59. The molecule has 2 N–H and O–H groups in total. The van der Waals surface area contributed by atoms with Gasteiger partial charge in [-0.2, -0.15) is 0 Å². The normalized spacial score (nSPS) is 27.9. The summed E-state index contributed by atoms with van der Waals surface area (Å²) in [6.07, 6.45) is 6.02. The van der Waals surface area contributed by atoms with Crippen LogP contribution in [-0.4, -0.2) is 36.1 Å². The first-order valence-corrected chi connectivity index (χ1v) is 5.59. The van der Waals surface area contributed by atoms with Gasteiger partial charge in [0, 0.05) is 25.0 Å². The minimum Gasteiger partial charge on any atom is -0.326 e. The Hall–Kier alpha value is -0.930. The lowest BCUT2D eigenvalue weighted by atomic mass is 9.87. The van der Waals surface area contributed by atoms with Gasteiger partial charge in [-0.1, -0.05) is 0 Å². The number of likely N-dealkylation sites (tertiary alicyclic amines) is 1. The summed E-state index contributed by atoms with van der Waals surface area (Å²) in [4.78, 5) is 6.34. The second kappa shape index (κ2) is 4.73. The molecule has 0 amide bonds. The monoisotopic (exact) mass is 205 g/mol. The van der Waals surface area contributed by atoms with Crippen molar-refractivity contribution in [2.24, 2.45) is 11.7 Å². The van der Waals surface area contributed by atoms with Crippen LogP contribution in [0, 0.1) is 5.92 Å². The number of pyridine rings is 1. The molecule has 0 radical (unpaired) electrons. The molecule has 82 valence electrons. The van der Waals surface area contributed by atoms with Crippen LogP contribution >= 0.6 is 0 Å². The van der Waals surface area contributed by atoms with E-state index in [0.29, 0.717) is 12.0 Å². The standard InChI is InChI=1S/C12H19N3/c1-15-7-4-11(12(13)9-15)8-10-2-5-14-6-3-10/h2-3,5-6,11-12H,4,7-9,13H2,1H3. The van der Waals surface area contributed by atoms with Crippen molar-refractivity contribution in [2.75, 3.05) is 20.1 Å². The number of hydrogen-bond acceptors (Lipinski definition) is 3. The molecule has 0 bridgehead atoms. The first kappa shape index (κ1) is 10.6. The predicted octanol–water partition coefficient (Wildman–Crippen LogP) is 0.903. The zero-order chi connectivity index (χ0) is 10.7. The van der Waals surface area contributed by atoms with E-state index in [9.17, 15) is 0 Å². The van der Waals surface area contributed by atoms with Crippen molar-refractivity contribution in [3.05, 3.63) is 30.1 Å². The molecule has 3 nitrogen and oxygen atoms in total. The summed E-state index contributed by atoms with van der Waals surface area (Å²) in [5.41, 5.74) is 7.52. The SMILES string of the molecule is CN1CCC(Cc2ccncc2)C(N)C1. The fourth-order valence-electron chi connectivity index (χ4n) is 2.28. The van der Waals surface area contributed by atoms with Gasteiger partial charge in [0.1, 0.15) is 0 Å². The molecule has 1 aromatic rings.